The van der Waals surface area contributed by atoms with Gasteiger partial charge in [0.1, 0.15) is 23.2 Å². The van der Waals surface area contributed by atoms with Crippen molar-refractivity contribution < 1.29 is 33.8 Å². The van der Waals surface area contributed by atoms with E-state index in [0.29, 0.717) is 11.4 Å². The SMILES string of the molecule is CCOC(=O)N1CCN(C(=O)[C@H](CCC(=O)OC(C)(C)C)NC(=O)c2cc(NCCO)nc(-c3ccccc3)n2)CC1. The summed E-state index contributed by atoms with van der Waals surface area (Å²) in [5.74, 6) is -0.892. The zero-order chi connectivity index (χ0) is 30.7. The lowest BCUT2D eigenvalue weighted by Gasteiger charge is -2.36. The van der Waals surface area contributed by atoms with Crippen LogP contribution in [0.25, 0.3) is 11.4 Å². The van der Waals surface area contributed by atoms with E-state index < -0.39 is 29.6 Å². The number of aromatic nitrogens is 2. The molecule has 1 aliphatic rings. The van der Waals surface area contributed by atoms with Crippen molar-refractivity contribution in [2.24, 2.45) is 0 Å². The van der Waals surface area contributed by atoms with Crippen molar-refractivity contribution in [3.8, 4) is 11.4 Å². The number of ether oxygens (including phenoxy) is 2. The third-order valence-corrected chi connectivity index (χ3v) is 6.19. The molecular weight excluding hydrogens is 544 g/mol. The first-order chi connectivity index (χ1) is 20.0. The summed E-state index contributed by atoms with van der Waals surface area (Å²) in [6, 6.07) is 9.47. The van der Waals surface area contributed by atoms with Gasteiger partial charge in [-0.2, -0.15) is 0 Å². The van der Waals surface area contributed by atoms with E-state index in [-0.39, 0.29) is 76.2 Å². The van der Waals surface area contributed by atoms with Crippen molar-refractivity contribution >= 4 is 29.7 Å². The number of hydrogen-bond acceptors (Lipinski definition) is 10. The second-order valence-electron chi connectivity index (χ2n) is 10.6. The summed E-state index contributed by atoms with van der Waals surface area (Å²) in [6.45, 7) is 8.35. The van der Waals surface area contributed by atoms with Gasteiger partial charge >= 0.3 is 12.1 Å². The van der Waals surface area contributed by atoms with Crippen LogP contribution in [0.5, 0.6) is 0 Å². The Hall–Kier alpha value is -4.26. The van der Waals surface area contributed by atoms with Crippen LogP contribution in [0, 0.1) is 0 Å². The number of amides is 3. The summed E-state index contributed by atoms with van der Waals surface area (Å²) in [6.07, 6.45) is -0.536. The molecule has 1 aromatic heterocycles. The summed E-state index contributed by atoms with van der Waals surface area (Å²) in [4.78, 5) is 63.6. The number of piperazine rings is 1. The number of benzene rings is 1. The Bertz CT molecular complexity index is 1230. The third kappa shape index (κ3) is 9.68. The fourth-order valence-electron chi connectivity index (χ4n) is 4.24. The predicted octanol–water partition coefficient (Wildman–Crippen LogP) is 2.07. The number of rotatable bonds is 11. The van der Waals surface area contributed by atoms with Gasteiger partial charge < -0.3 is 35.0 Å². The molecule has 2 aromatic rings. The van der Waals surface area contributed by atoms with Crippen molar-refractivity contribution in [3.05, 3.63) is 42.1 Å². The molecule has 1 aliphatic heterocycles. The Morgan fingerprint density at radius 1 is 1.02 bits per heavy atom. The highest BCUT2D eigenvalue weighted by atomic mass is 16.6. The van der Waals surface area contributed by atoms with Crippen molar-refractivity contribution in [1.82, 2.24) is 25.1 Å². The van der Waals surface area contributed by atoms with Crippen LogP contribution < -0.4 is 10.6 Å². The van der Waals surface area contributed by atoms with Gasteiger partial charge in [0.05, 0.1) is 13.2 Å². The van der Waals surface area contributed by atoms with Crippen molar-refractivity contribution in [2.75, 3.05) is 51.3 Å². The first kappa shape index (κ1) is 32.3. The number of hydrogen-bond donors (Lipinski definition) is 3. The molecule has 228 valence electrons. The predicted molar refractivity (Wildman–Crippen MR) is 155 cm³/mol. The summed E-state index contributed by atoms with van der Waals surface area (Å²) in [5.41, 5.74) is -0.0153. The molecule has 0 bridgehead atoms. The quantitative estimate of drug-likeness (QED) is 0.333. The fourth-order valence-corrected chi connectivity index (χ4v) is 4.24. The maximum Gasteiger partial charge on any atom is 0.409 e. The largest absolute Gasteiger partial charge is 0.460 e. The normalized spacial score (nSPS) is 14.1. The van der Waals surface area contributed by atoms with Crippen LogP contribution in [-0.2, 0) is 19.1 Å². The minimum atomic E-state index is -1.05. The summed E-state index contributed by atoms with van der Waals surface area (Å²) < 4.78 is 10.5. The van der Waals surface area contributed by atoms with E-state index in [9.17, 15) is 24.3 Å². The molecule has 0 saturated carbocycles. The van der Waals surface area contributed by atoms with Gasteiger partial charge in [0.2, 0.25) is 5.91 Å². The number of esters is 1. The molecule has 1 aromatic carbocycles. The monoisotopic (exact) mass is 584 g/mol. The third-order valence-electron chi connectivity index (χ3n) is 6.19. The van der Waals surface area contributed by atoms with Crippen LogP contribution in [0.1, 0.15) is 51.0 Å². The molecule has 3 rings (SSSR count). The van der Waals surface area contributed by atoms with E-state index >= 15 is 0 Å². The number of nitrogens with one attached hydrogen (secondary N) is 2. The molecule has 3 amide bonds. The van der Waals surface area contributed by atoms with E-state index in [1.807, 2.05) is 18.2 Å². The summed E-state index contributed by atoms with van der Waals surface area (Å²) in [7, 11) is 0. The second-order valence-corrected chi connectivity index (χ2v) is 10.6. The van der Waals surface area contributed by atoms with E-state index in [1.54, 1.807) is 44.7 Å². The highest BCUT2D eigenvalue weighted by molar-refractivity contribution is 5.97. The maximum absolute atomic E-state index is 13.6. The number of aliphatic hydroxyl groups excluding tert-OH is 1. The maximum atomic E-state index is 13.6. The summed E-state index contributed by atoms with van der Waals surface area (Å²) >= 11 is 0. The van der Waals surface area contributed by atoms with E-state index in [1.165, 1.54) is 11.0 Å². The smallest absolute Gasteiger partial charge is 0.409 e. The van der Waals surface area contributed by atoms with Crippen LogP contribution in [-0.4, -0.2) is 106 Å². The average molecular weight is 585 g/mol. The molecule has 1 saturated heterocycles. The van der Waals surface area contributed by atoms with E-state index in [0.717, 1.165) is 0 Å². The molecular formula is C29H40N6O7. The van der Waals surface area contributed by atoms with Crippen LogP contribution in [0.15, 0.2) is 36.4 Å². The van der Waals surface area contributed by atoms with Gasteiger partial charge in [-0.3, -0.25) is 14.4 Å². The number of carbonyl (C=O) groups excluding carboxylic acids is 4. The molecule has 1 atom stereocenters. The molecule has 3 N–H and O–H groups in total. The van der Waals surface area contributed by atoms with Gasteiger partial charge in [0.15, 0.2) is 5.82 Å². The van der Waals surface area contributed by atoms with Crippen LogP contribution >= 0.6 is 0 Å². The number of carbonyl (C=O) groups is 4. The highest BCUT2D eigenvalue weighted by Gasteiger charge is 2.32. The Kier molecular flexibility index (Phi) is 11.6. The molecule has 0 aliphatic carbocycles. The van der Waals surface area contributed by atoms with Gasteiger partial charge in [-0.1, -0.05) is 30.3 Å². The van der Waals surface area contributed by atoms with Gasteiger partial charge in [-0.15, -0.1) is 0 Å². The molecule has 0 radical (unpaired) electrons. The molecule has 42 heavy (non-hydrogen) atoms. The van der Waals surface area contributed by atoms with Gasteiger partial charge in [0.25, 0.3) is 5.91 Å². The molecule has 13 nitrogen and oxygen atoms in total. The fraction of sp³-hybridized carbons (Fsp3) is 0.517. The number of aliphatic hydroxyl groups is 1. The van der Waals surface area contributed by atoms with E-state index in [4.69, 9.17) is 9.47 Å². The Morgan fingerprint density at radius 3 is 2.31 bits per heavy atom. The molecule has 0 unspecified atom stereocenters. The minimum Gasteiger partial charge on any atom is -0.460 e. The first-order valence-corrected chi connectivity index (χ1v) is 14.0. The van der Waals surface area contributed by atoms with Gasteiger partial charge in [-0.25, -0.2) is 14.8 Å². The summed E-state index contributed by atoms with van der Waals surface area (Å²) in [5, 5.41) is 15.0. The lowest BCUT2D eigenvalue weighted by Crippen LogP contribution is -2.56. The van der Waals surface area contributed by atoms with Crippen LogP contribution in [0.3, 0.4) is 0 Å². The van der Waals surface area contributed by atoms with Crippen molar-refractivity contribution in [3.63, 3.8) is 0 Å². The van der Waals surface area contributed by atoms with Gasteiger partial charge in [-0.05, 0) is 34.1 Å². The van der Waals surface area contributed by atoms with Crippen molar-refractivity contribution in [2.45, 2.75) is 52.2 Å². The average Bonchev–Trinajstić information content (AvgIpc) is 2.97. The lowest BCUT2D eigenvalue weighted by molar-refractivity contribution is -0.155. The molecule has 2 heterocycles. The second kappa shape index (κ2) is 15.1. The van der Waals surface area contributed by atoms with Crippen LogP contribution in [0.4, 0.5) is 10.6 Å². The highest BCUT2D eigenvalue weighted by Crippen LogP contribution is 2.19. The van der Waals surface area contributed by atoms with Gasteiger partial charge in [0, 0.05) is 50.8 Å². The van der Waals surface area contributed by atoms with E-state index in [2.05, 4.69) is 20.6 Å². The Balaban J connectivity index is 1.81. The Morgan fingerprint density at radius 2 is 1.69 bits per heavy atom. The zero-order valence-electron chi connectivity index (χ0n) is 24.6. The molecule has 1 fully saturated rings. The first-order valence-electron chi connectivity index (χ1n) is 14.0. The molecule has 13 heteroatoms. The zero-order valence-corrected chi connectivity index (χ0v) is 24.6. The topological polar surface area (TPSA) is 163 Å². The van der Waals surface area contributed by atoms with Crippen LogP contribution in [0.2, 0.25) is 0 Å². The Labute approximate surface area is 245 Å². The molecule has 0 spiro atoms. The number of nitrogens with zero attached hydrogens (tertiary/aromatic N) is 4. The standard InChI is InChI=1S/C29H40N6O7/c1-5-41-28(40)35-16-14-34(15-17-35)27(39)21(11-12-24(37)42-29(2,3)4)32-26(38)22-19-23(30-13-18-36)33-25(31-22)20-9-7-6-8-10-20/h6-10,19,21,36H,5,11-18H2,1-4H3,(H,32,38)(H,30,31,33)/t21-/m0/s1. The minimum absolute atomic E-state index is 0.00379. The number of anilines is 1. The lowest BCUT2D eigenvalue weighted by atomic mass is 10.1. The van der Waals surface area contributed by atoms with Crippen molar-refractivity contribution in [1.29, 1.82) is 0 Å².